The van der Waals surface area contributed by atoms with E-state index in [-0.39, 0.29) is 11.5 Å². The second-order valence-electron chi connectivity index (χ2n) is 7.81. The number of amides is 1. The van der Waals surface area contributed by atoms with Crippen molar-refractivity contribution in [1.82, 2.24) is 24.4 Å². The summed E-state index contributed by atoms with van der Waals surface area (Å²) in [7, 11) is 1.50. The fourth-order valence-electron chi connectivity index (χ4n) is 4.06. The molecule has 0 atom stereocenters. The Balaban J connectivity index is 1.53. The highest BCUT2D eigenvalue weighted by molar-refractivity contribution is 7.22. The van der Waals surface area contributed by atoms with Gasteiger partial charge >= 0.3 is 0 Å². The number of thiophene rings is 1. The maximum absolute atomic E-state index is 13.7. The number of nitrogens with zero attached hydrogens (tertiary/aromatic N) is 4. The third kappa shape index (κ3) is 4.06. The fourth-order valence-corrected chi connectivity index (χ4v) is 5.27. The predicted molar refractivity (Wildman–Crippen MR) is 133 cm³/mol. The maximum Gasteiger partial charge on any atom is 0.265 e. The summed E-state index contributed by atoms with van der Waals surface area (Å²) in [5, 5.41) is 4.28. The van der Waals surface area contributed by atoms with Crippen LogP contribution in [0.25, 0.3) is 21.0 Å². The monoisotopic (exact) mass is 473 g/mol. The van der Waals surface area contributed by atoms with Crippen molar-refractivity contribution in [2.45, 2.75) is 19.5 Å². The number of carbonyl (C=O) groups is 1. The van der Waals surface area contributed by atoms with Crippen molar-refractivity contribution in [2.75, 3.05) is 13.7 Å². The van der Waals surface area contributed by atoms with E-state index in [2.05, 4.69) is 15.3 Å². The molecule has 0 radical (unpaired) electrons. The number of aromatic nitrogens is 4. The topological polar surface area (TPSA) is 91.0 Å². The molecule has 0 saturated heterocycles. The number of hydrogen-bond acceptors (Lipinski definition) is 6. The van der Waals surface area contributed by atoms with Crippen molar-refractivity contribution < 1.29 is 9.53 Å². The number of benzene rings is 1. The van der Waals surface area contributed by atoms with E-state index in [1.165, 1.54) is 18.4 Å². The molecule has 5 aromatic rings. The molecular formula is C25H23N5O3S. The lowest BCUT2D eigenvalue weighted by Gasteiger charge is -2.11. The molecule has 5 rings (SSSR count). The minimum Gasteiger partial charge on any atom is -0.494 e. The smallest absolute Gasteiger partial charge is 0.265 e. The first-order valence-electron chi connectivity index (χ1n) is 10.9. The molecule has 0 aliphatic carbocycles. The number of methoxy groups -OCH3 is 1. The molecule has 1 amide bonds. The van der Waals surface area contributed by atoms with E-state index >= 15 is 0 Å². The van der Waals surface area contributed by atoms with Crippen molar-refractivity contribution in [3.8, 4) is 5.75 Å². The molecule has 4 aromatic heterocycles. The molecule has 8 nitrogen and oxygen atoms in total. The average Bonchev–Trinajstić information content (AvgIpc) is 3.53. The number of para-hydroxylation sites is 1. The summed E-state index contributed by atoms with van der Waals surface area (Å²) >= 11 is 1.29. The third-order valence-electron chi connectivity index (χ3n) is 5.66. The number of nitrogens with one attached hydrogen (secondary N) is 1. The second kappa shape index (κ2) is 9.48. The molecule has 1 N–H and O–H groups in total. The van der Waals surface area contributed by atoms with Crippen molar-refractivity contribution in [1.29, 1.82) is 0 Å². The molecule has 0 aliphatic heterocycles. The van der Waals surface area contributed by atoms with Crippen LogP contribution in [0.4, 0.5) is 0 Å². The zero-order valence-electron chi connectivity index (χ0n) is 18.6. The van der Waals surface area contributed by atoms with Gasteiger partial charge in [-0.15, -0.1) is 11.3 Å². The maximum atomic E-state index is 13.7. The number of hydrogen-bond donors (Lipinski definition) is 1. The quantitative estimate of drug-likeness (QED) is 0.347. The number of imidazole rings is 1. The molecule has 1 aromatic carbocycles. The summed E-state index contributed by atoms with van der Waals surface area (Å²) in [4.78, 5) is 35.5. The van der Waals surface area contributed by atoms with Gasteiger partial charge in [-0.1, -0.05) is 24.3 Å². The van der Waals surface area contributed by atoms with Crippen LogP contribution in [0.1, 0.15) is 21.8 Å². The number of pyridine rings is 2. The SMILES string of the molecule is COc1c(C(=O)NCCCn2ccnc2)sc2c1c(=O)n(Cc1ccccn1)c1ccccc21. The summed E-state index contributed by atoms with van der Waals surface area (Å²) in [6, 6.07) is 13.3. The minimum atomic E-state index is -0.247. The first-order valence-corrected chi connectivity index (χ1v) is 11.7. The molecule has 0 unspecified atom stereocenters. The summed E-state index contributed by atoms with van der Waals surface area (Å²) in [5.74, 6) is 0.0704. The number of fused-ring (bicyclic) bond motifs is 3. The Kier molecular flexibility index (Phi) is 6.09. The Morgan fingerprint density at radius 3 is 2.76 bits per heavy atom. The molecule has 0 spiro atoms. The van der Waals surface area contributed by atoms with Gasteiger partial charge in [-0.2, -0.15) is 0 Å². The lowest BCUT2D eigenvalue weighted by atomic mass is 10.1. The highest BCUT2D eigenvalue weighted by Crippen LogP contribution is 2.39. The van der Waals surface area contributed by atoms with E-state index in [0.29, 0.717) is 29.1 Å². The Bertz CT molecular complexity index is 1510. The van der Waals surface area contributed by atoms with Crippen LogP contribution >= 0.6 is 11.3 Å². The van der Waals surface area contributed by atoms with Gasteiger partial charge in [0.2, 0.25) is 0 Å². The summed E-state index contributed by atoms with van der Waals surface area (Å²) < 4.78 is 10.0. The van der Waals surface area contributed by atoms with Crippen LogP contribution in [-0.2, 0) is 13.1 Å². The summed E-state index contributed by atoms with van der Waals surface area (Å²) in [6.45, 7) is 1.58. The van der Waals surface area contributed by atoms with Gasteiger partial charge in [0.05, 0.1) is 35.9 Å². The number of ether oxygens (including phenoxy) is 1. The highest BCUT2D eigenvalue weighted by Gasteiger charge is 2.24. The predicted octanol–water partition coefficient (Wildman–Crippen LogP) is 3.68. The largest absolute Gasteiger partial charge is 0.494 e. The molecule has 0 fully saturated rings. The van der Waals surface area contributed by atoms with Gasteiger partial charge in [0.25, 0.3) is 11.5 Å². The van der Waals surface area contributed by atoms with Crippen LogP contribution in [0.15, 0.2) is 72.2 Å². The molecule has 172 valence electrons. The van der Waals surface area contributed by atoms with E-state index in [9.17, 15) is 9.59 Å². The highest BCUT2D eigenvalue weighted by atomic mass is 32.1. The second-order valence-corrected chi connectivity index (χ2v) is 8.83. The van der Waals surface area contributed by atoms with Gasteiger partial charge < -0.3 is 19.2 Å². The van der Waals surface area contributed by atoms with Crippen LogP contribution in [0.3, 0.4) is 0 Å². The van der Waals surface area contributed by atoms with Crippen LogP contribution in [0, 0.1) is 0 Å². The van der Waals surface area contributed by atoms with Gasteiger partial charge in [-0.25, -0.2) is 4.98 Å². The standard InChI is InChI=1S/C25H23N5O3S/c1-33-21-20-22(34-23(21)24(31)28-11-6-13-29-14-12-26-16-29)18-8-2-3-9-19(18)30(25(20)32)15-17-7-4-5-10-27-17/h2-5,7-10,12,14,16H,6,11,13,15H2,1H3,(H,28,31). The van der Waals surface area contributed by atoms with Gasteiger partial charge in [0.15, 0.2) is 5.75 Å². The summed E-state index contributed by atoms with van der Waals surface area (Å²) in [5.41, 5.74) is 1.37. The Hall–Kier alpha value is -3.98. The third-order valence-corrected chi connectivity index (χ3v) is 6.86. The number of rotatable bonds is 8. The van der Waals surface area contributed by atoms with Crippen molar-refractivity contribution in [3.05, 3.63) is 88.3 Å². The van der Waals surface area contributed by atoms with Gasteiger partial charge in [-0.05, 0) is 24.6 Å². The first-order chi connectivity index (χ1) is 16.7. The number of aryl methyl sites for hydroxylation is 1. The molecule has 0 saturated carbocycles. The van der Waals surface area contributed by atoms with Crippen LogP contribution in [0.2, 0.25) is 0 Å². The van der Waals surface area contributed by atoms with E-state index in [4.69, 9.17) is 4.74 Å². The molecule has 34 heavy (non-hydrogen) atoms. The molecular weight excluding hydrogens is 450 g/mol. The Morgan fingerprint density at radius 1 is 1.15 bits per heavy atom. The number of carbonyl (C=O) groups excluding carboxylic acids is 1. The van der Waals surface area contributed by atoms with Gasteiger partial charge in [0, 0.05) is 37.1 Å². The first kappa shape index (κ1) is 21.8. The molecule has 0 aliphatic rings. The minimum absolute atomic E-state index is 0.202. The fraction of sp³-hybridized carbons (Fsp3) is 0.200. The Morgan fingerprint density at radius 2 is 2.00 bits per heavy atom. The molecule has 4 heterocycles. The van der Waals surface area contributed by atoms with Crippen molar-refractivity contribution >= 4 is 38.2 Å². The molecule has 0 bridgehead atoms. The van der Waals surface area contributed by atoms with Crippen LogP contribution < -0.4 is 15.6 Å². The van der Waals surface area contributed by atoms with E-state index < -0.39 is 0 Å². The van der Waals surface area contributed by atoms with E-state index in [0.717, 1.165) is 34.3 Å². The zero-order chi connectivity index (χ0) is 23.5. The van der Waals surface area contributed by atoms with Gasteiger partial charge in [-0.3, -0.25) is 14.6 Å². The van der Waals surface area contributed by atoms with E-state index in [1.807, 2.05) is 53.2 Å². The lowest BCUT2D eigenvalue weighted by Crippen LogP contribution is -2.25. The van der Waals surface area contributed by atoms with Gasteiger partial charge in [0.1, 0.15) is 10.3 Å². The van der Waals surface area contributed by atoms with E-state index in [1.54, 1.807) is 23.3 Å². The van der Waals surface area contributed by atoms with Crippen molar-refractivity contribution in [2.24, 2.45) is 0 Å². The lowest BCUT2D eigenvalue weighted by molar-refractivity contribution is 0.0954. The summed E-state index contributed by atoms with van der Waals surface area (Å²) in [6.07, 6.45) is 7.83. The van der Waals surface area contributed by atoms with Crippen LogP contribution in [0.5, 0.6) is 5.75 Å². The zero-order valence-corrected chi connectivity index (χ0v) is 19.4. The normalized spacial score (nSPS) is 11.2. The van der Waals surface area contributed by atoms with Crippen molar-refractivity contribution in [3.63, 3.8) is 0 Å². The van der Waals surface area contributed by atoms with Crippen LogP contribution in [-0.4, -0.2) is 38.7 Å². The Labute approximate surface area is 199 Å². The molecule has 9 heteroatoms. The average molecular weight is 474 g/mol.